The Balaban J connectivity index is 1.62. The molecule has 4 bridgehead atoms. The molecule has 4 aliphatic carbocycles. The molecule has 1 amide bonds. The molecule has 104 valence electrons. The van der Waals surface area contributed by atoms with Gasteiger partial charge < -0.3 is 10.4 Å². The fraction of sp³-hybridized carbons (Fsp3) is 0.733. The standard InChI is InChI=1S/C15H21NO3/c17-13(16-9-14(18)19)1-2-15-6-10-3-11(7-15)5-12(4-10)8-15/h1-2,10-12H,3-9H2,(H,16,17)(H,18,19)/b2-1+. The minimum atomic E-state index is -1.00. The minimum absolute atomic E-state index is 0.231. The van der Waals surface area contributed by atoms with E-state index in [0.717, 1.165) is 17.8 Å². The predicted molar refractivity (Wildman–Crippen MR) is 70.4 cm³/mol. The second-order valence-electron chi connectivity index (χ2n) is 6.72. The number of nitrogens with one attached hydrogen (secondary N) is 1. The number of carbonyl (C=O) groups excluding carboxylic acids is 1. The third-order valence-corrected chi connectivity index (χ3v) is 5.09. The fourth-order valence-corrected chi connectivity index (χ4v) is 4.86. The van der Waals surface area contributed by atoms with Crippen molar-refractivity contribution in [1.82, 2.24) is 5.32 Å². The van der Waals surface area contributed by atoms with Crippen LogP contribution >= 0.6 is 0 Å². The van der Waals surface area contributed by atoms with E-state index in [-0.39, 0.29) is 17.9 Å². The molecule has 4 aliphatic rings. The van der Waals surface area contributed by atoms with Crippen molar-refractivity contribution in [3.05, 3.63) is 12.2 Å². The molecule has 0 aromatic carbocycles. The van der Waals surface area contributed by atoms with Gasteiger partial charge in [-0.15, -0.1) is 0 Å². The molecule has 0 aromatic rings. The maximum atomic E-state index is 11.6. The topological polar surface area (TPSA) is 66.4 Å². The van der Waals surface area contributed by atoms with E-state index < -0.39 is 5.97 Å². The van der Waals surface area contributed by atoms with Crippen molar-refractivity contribution in [2.24, 2.45) is 23.2 Å². The number of aliphatic carboxylic acids is 1. The van der Waals surface area contributed by atoms with Crippen LogP contribution in [0.2, 0.25) is 0 Å². The first-order valence-corrected chi connectivity index (χ1v) is 7.23. The van der Waals surface area contributed by atoms with Crippen LogP contribution in [0.5, 0.6) is 0 Å². The zero-order chi connectivity index (χ0) is 13.5. The highest BCUT2D eigenvalue weighted by Gasteiger charge is 2.49. The van der Waals surface area contributed by atoms with Crippen molar-refractivity contribution < 1.29 is 14.7 Å². The van der Waals surface area contributed by atoms with Gasteiger partial charge in [-0.25, -0.2) is 0 Å². The number of amides is 1. The zero-order valence-corrected chi connectivity index (χ0v) is 11.1. The first-order valence-electron chi connectivity index (χ1n) is 7.23. The van der Waals surface area contributed by atoms with E-state index >= 15 is 0 Å². The Morgan fingerprint density at radius 3 is 2.11 bits per heavy atom. The van der Waals surface area contributed by atoms with Crippen molar-refractivity contribution in [3.8, 4) is 0 Å². The minimum Gasteiger partial charge on any atom is -0.480 e. The van der Waals surface area contributed by atoms with Crippen LogP contribution < -0.4 is 5.32 Å². The van der Waals surface area contributed by atoms with Crippen molar-refractivity contribution in [1.29, 1.82) is 0 Å². The van der Waals surface area contributed by atoms with Crippen molar-refractivity contribution in [2.45, 2.75) is 38.5 Å². The second kappa shape index (κ2) is 4.66. The molecule has 0 saturated heterocycles. The summed E-state index contributed by atoms with van der Waals surface area (Å²) >= 11 is 0. The van der Waals surface area contributed by atoms with Crippen LogP contribution in [-0.2, 0) is 9.59 Å². The molecular weight excluding hydrogens is 242 g/mol. The van der Waals surface area contributed by atoms with Crippen LogP contribution in [0.3, 0.4) is 0 Å². The van der Waals surface area contributed by atoms with Crippen LogP contribution in [0, 0.1) is 23.2 Å². The lowest BCUT2D eigenvalue weighted by molar-refractivity contribution is -0.137. The lowest BCUT2D eigenvalue weighted by Gasteiger charge is -2.55. The Kier molecular flexibility index (Phi) is 3.11. The van der Waals surface area contributed by atoms with Gasteiger partial charge in [0.2, 0.25) is 5.91 Å². The smallest absolute Gasteiger partial charge is 0.322 e. The maximum absolute atomic E-state index is 11.6. The molecule has 0 radical (unpaired) electrons. The first-order chi connectivity index (χ1) is 9.05. The molecule has 4 saturated carbocycles. The second-order valence-corrected chi connectivity index (χ2v) is 6.72. The van der Waals surface area contributed by atoms with E-state index in [1.165, 1.54) is 38.5 Å². The van der Waals surface area contributed by atoms with Gasteiger partial charge in [0.05, 0.1) is 0 Å². The first kappa shape index (κ1) is 12.7. The number of carboxylic acids is 1. The summed E-state index contributed by atoms with van der Waals surface area (Å²) in [6, 6.07) is 0. The van der Waals surface area contributed by atoms with Gasteiger partial charge in [-0.3, -0.25) is 9.59 Å². The van der Waals surface area contributed by atoms with E-state index in [0.29, 0.717) is 0 Å². The molecule has 0 unspecified atom stereocenters. The van der Waals surface area contributed by atoms with Gasteiger partial charge in [0.15, 0.2) is 0 Å². The number of hydrogen-bond acceptors (Lipinski definition) is 2. The normalized spacial score (nSPS) is 39.7. The highest BCUT2D eigenvalue weighted by atomic mass is 16.4. The summed E-state index contributed by atoms with van der Waals surface area (Å²) < 4.78 is 0. The predicted octanol–water partition coefficient (Wildman–Crippen LogP) is 1.96. The third-order valence-electron chi connectivity index (χ3n) is 5.09. The highest BCUT2D eigenvalue weighted by Crippen LogP contribution is 2.60. The van der Waals surface area contributed by atoms with Crippen LogP contribution in [0.15, 0.2) is 12.2 Å². The van der Waals surface area contributed by atoms with E-state index in [9.17, 15) is 9.59 Å². The van der Waals surface area contributed by atoms with E-state index in [4.69, 9.17) is 5.11 Å². The van der Waals surface area contributed by atoms with E-state index in [1.54, 1.807) is 6.08 Å². The molecule has 0 atom stereocenters. The van der Waals surface area contributed by atoms with Gasteiger partial charge in [0.1, 0.15) is 6.54 Å². The molecule has 4 heteroatoms. The van der Waals surface area contributed by atoms with Crippen LogP contribution in [0.1, 0.15) is 38.5 Å². The molecule has 2 N–H and O–H groups in total. The largest absolute Gasteiger partial charge is 0.480 e. The SMILES string of the molecule is O=C(O)CNC(=O)/C=C/C12CC3CC(CC(C3)C1)C2. The van der Waals surface area contributed by atoms with Crippen molar-refractivity contribution in [2.75, 3.05) is 6.54 Å². The molecule has 4 rings (SSSR count). The van der Waals surface area contributed by atoms with Crippen molar-refractivity contribution >= 4 is 11.9 Å². The summed E-state index contributed by atoms with van der Waals surface area (Å²) in [6.45, 7) is -0.302. The van der Waals surface area contributed by atoms with Gasteiger partial charge in [-0.1, -0.05) is 6.08 Å². The summed E-state index contributed by atoms with van der Waals surface area (Å²) in [5.74, 6) is 1.30. The third kappa shape index (κ3) is 2.67. The van der Waals surface area contributed by atoms with Gasteiger partial charge in [-0.2, -0.15) is 0 Å². The number of allylic oxidation sites excluding steroid dienone is 1. The number of carbonyl (C=O) groups is 2. The van der Waals surface area contributed by atoms with E-state index in [2.05, 4.69) is 11.4 Å². The van der Waals surface area contributed by atoms with Crippen LogP contribution in [0.25, 0.3) is 0 Å². The average Bonchev–Trinajstić information content (AvgIpc) is 2.32. The van der Waals surface area contributed by atoms with Gasteiger partial charge in [0.25, 0.3) is 0 Å². The molecule has 0 heterocycles. The summed E-state index contributed by atoms with van der Waals surface area (Å²) in [7, 11) is 0. The molecule has 0 aromatic heterocycles. The summed E-state index contributed by atoms with van der Waals surface area (Å²) in [4.78, 5) is 22.0. The van der Waals surface area contributed by atoms with E-state index in [1.807, 2.05) is 0 Å². The van der Waals surface area contributed by atoms with Gasteiger partial charge in [0, 0.05) is 0 Å². The fourth-order valence-electron chi connectivity index (χ4n) is 4.86. The lowest BCUT2D eigenvalue weighted by atomic mass is 9.49. The quantitative estimate of drug-likeness (QED) is 0.762. The lowest BCUT2D eigenvalue weighted by Crippen LogP contribution is -2.45. The molecule has 0 spiro atoms. The Bertz CT molecular complexity index is 392. The summed E-state index contributed by atoms with van der Waals surface area (Å²) in [6.07, 6.45) is 11.5. The van der Waals surface area contributed by atoms with Crippen molar-refractivity contribution in [3.63, 3.8) is 0 Å². The Labute approximate surface area is 113 Å². The zero-order valence-electron chi connectivity index (χ0n) is 11.1. The molecule has 4 nitrogen and oxygen atoms in total. The molecular formula is C15H21NO3. The van der Waals surface area contributed by atoms with Crippen LogP contribution in [-0.4, -0.2) is 23.5 Å². The highest BCUT2D eigenvalue weighted by molar-refractivity contribution is 5.89. The van der Waals surface area contributed by atoms with Crippen LogP contribution in [0.4, 0.5) is 0 Å². The Hall–Kier alpha value is -1.32. The summed E-state index contributed by atoms with van der Waals surface area (Å²) in [5.41, 5.74) is 0.231. The van der Waals surface area contributed by atoms with Gasteiger partial charge in [-0.05, 0) is 67.8 Å². The number of rotatable bonds is 4. The maximum Gasteiger partial charge on any atom is 0.322 e. The molecule has 4 fully saturated rings. The Morgan fingerprint density at radius 2 is 1.63 bits per heavy atom. The molecule has 19 heavy (non-hydrogen) atoms. The monoisotopic (exact) mass is 263 g/mol. The average molecular weight is 263 g/mol. The number of carboxylic acid groups (broad SMARTS) is 1. The molecule has 0 aliphatic heterocycles. The summed E-state index contributed by atoms with van der Waals surface area (Å²) in [5, 5.41) is 10.9. The number of hydrogen-bond donors (Lipinski definition) is 2. The van der Waals surface area contributed by atoms with Gasteiger partial charge >= 0.3 is 5.97 Å². The Morgan fingerprint density at radius 1 is 1.11 bits per heavy atom.